The van der Waals surface area contributed by atoms with E-state index in [0.29, 0.717) is 23.2 Å². The largest absolute Gasteiger partial charge is 0.461 e. The van der Waals surface area contributed by atoms with Gasteiger partial charge in [0.1, 0.15) is 0 Å². The maximum Gasteiger partial charge on any atom is 0.277 e. The lowest BCUT2D eigenvalue weighted by molar-refractivity contribution is 0.101. The van der Waals surface area contributed by atoms with Gasteiger partial charge in [-0.3, -0.25) is 4.79 Å². The third-order valence-corrected chi connectivity index (χ3v) is 4.04. The Kier molecular flexibility index (Phi) is 4.16. The summed E-state index contributed by atoms with van der Waals surface area (Å²) in [6, 6.07) is 4.99. The van der Waals surface area contributed by atoms with Gasteiger partial charge in [-0.05, 0) is 31.4 Å². The van der Waals surface area contributed by atoms with Crippen LogP contribution in [0.25, 0.3) is 11.5 Å². The first-order chi connectivity index (χ1) is 12.3. The average Bonchev–Trinajstić information content (AvgIpc) is 3.35. The van der Waals surface area contributed by atoms with Crippen molar-refractivity contribution in [2.75, 3.05) is 23.3 Å². The number of hydrogen-bond donors (Lipinski definition) is 1. The van der Waals surface area contributed by atoms with E-state index < -0.39 is 5.91 Å². The van der Waals surface area contributed by atoms with E-state index in [0.717, 1.165) is 25.9 Å². The van der Waals surface area contributed by atoms with Gasteiger partial charge in [0.05, 0.1) is 24.3 Å². The van der Waals surface area contributed by atoms with E-state index in [4.69, 9.17) is 8.94 Å². The van der Waals surface area contributed by atoms with Crippen LogP contribution in [-0.4, -0.2) is 34.1 Å². The third kappa shape index (κ3) is 3.37. The second-order valence-electron chi connectivity index (χ2n) is 5.83. The Morgan fingerprint density at radius 1 is 1.12 bits per heavy atom. The molecule has 1 aliphatic rings. The number of carbonyl (C=O) groups is 1. The predicted molar refractivity (Wildman–Crippen MR) is 90.3 cm³/mol. The van der Waals surface area contributed by atoms with Crippen molar-refractivity contribution in [2.24, 2.45) is 0 Å². The first-order valence-electron chi connectivity index (χ1n) is 8.18. The number of furan rings is 1. The Hall–Kier alpha value is -3.16. The molecule has 1 saturated heterocycles. The molecular weight excluding hydrogens is 322 g/mol. The summed E-state index contributed by atoms with van der Waals surface area (Å²) < 4.78 is 10.3. The molecule has 1 aliphatic heterocycles. The Balaban J connectivity index is 1.42. The molecule has 3 aromatic heterocycles. The third-order valence-electron chi connectivity index (χ3n) is 4.04. The molecule has 8 nitrogen and oxygen atoms in total. The van der Waals surface area contributed by atoms with Crippen molar-refractivity contribution < 1.29 is 13.7 Å². The molecule has 0 unspecified atom stereocenters. The highest BCUT2D eigenvalue weighted by atomic mass is 16.5. The number of anilines is 2. The van der Waals surface area contributed by atoms with E-state index in [1.54, 1.807) is 24.5 Å². The van der Waals surface area contributed by atoms with Crippen molar-refractivity contribution in [1.82, 2.24) is 15.1 Å². The van der Waals surface area contributed by atoms with Crippen LogP contribution in [0.1, 0.15) is 29.8 Å². The number of amides is 1. The summed E-state index contributed by atoms with van der Waals surface area (Å²) in [6.07, 6.45) is 8.30. The van der Waals surface area contributed by atoms with Crippen LogP contribution in [0.3, 0.4) is 0 Å². The van der Waals surface area contributed by atoms with Gasteiger partial charge >= 0.3 is 0 Å². The molecule has 0 saturated carbocycles. The Bertz CT molecular complexity index is 836. The molecular formula is C17H17N5O3. The van der Waals surface area contributed by atoms with Crippen LogP contribution in [-0.2, 0) is 0 Å². The van der Waals surface area contributed by atoms with Crippen LogP contribution in [0, 0.1) is 0 Å². The highest BCUT2D eigenvalue weighted by Gasteiger charge is 2.17. The number of hydrogen-bond acceptors (Lipinski definition) is 7. The van der Waals surface area contributed by atoms with Crippen LogP contribution in [0.4, 0.5) is 11.6 Å². The Morgan fingerprint density at radius 2 is 1.92 bits per heavy atom. The smallest absolute Gasteiger partial charge is 0.277 e. The van der Waals surface area contributed by atoms with E-state index in [2.05, 4.69) is 25.3 Å². The zero-order valence-corrected chi connectivity index (χ0v) is 13.5. The summed E-state index contributed by atoms with van der Waals surface area (Å²) in [5.41, 5.74) is 0.666. The Labute approximate surface area is 143 Å². The minimum Gasteiger partial charge on any atom is -0.461 e. The molecule has 0 atom stereocenters. The number of piperidine rings is 1. The first kappa shape index (κ1) is 15.4. The molecule has 1 N–H and O–H groups in total. The maximum absolute atomic E-state index is 12.3. The summed E-state index contributed by atoms with van der Waals surface area (Å²) in [6.45, 7) is 1.94. The molecule has 0 aliphatic carbocycles. The highest BCUT2D eigenvalue weighted by molar-refractivity contribution is 6.03. The van der Waals surface area contributed by atoms with E-state index in [1.165, 1.54) is 18.8 Å². The van der Waals surface area contributed by atoms with Gasteiger partial charge in [-0.2, -0.15) is 0 Å². The Morgan fingerprint density at radius 3 is 2.64 bits per heavy atom. The fraction of sp³-hybridized carbons (Fsp3) is 0.294. The fourth-order valence-corrected chi connectivity index (χ4v) is 2.76. The van der Waals surface area contributed by atoms with Crippen LogP contribution >= 0.6 is 0 Å². The standard InChI is InChI=1S/C17H17N5O3/c23-16(13-9-15(25-21-13)14-5-4-8-24-14)20-12-10-18-17(19-11-12)22-6-2-1-3-7-22/h4-5,8-11H,1-3,6-7H2,(H,20,23). The number of rotatable bonds is 4. The normalized spacial score (nSPS) is 14.5. The number of aromatic nitrogens is 3. The van der Waals surface area contributed by atoms with E-state index in [-0.39, 0.29) is 5.69 Å². The lowest BCUT2D eigenvalue weighted by Gasteiger charge is -2.26. The molecule has 0 radical (unpaired) electrons. The quantitative estimate of drug-likeness (QED) is 0.780. The van der Waals surface area contributed by atoms with Crippen molar-refractivity contribution in [1.29, 1.82) is 0 Å². The van der Waals surface area contributed by atoms with Gasteiger partial charge in [-0.15, -0.1) is 0 Å². The number of carbonyl (C=O) groups excluding carboxylic acids is 1. The monoisotopic (exact) mass is 339 g/mol. The molecule has 0 bridgehead atoms. The first-order valence-corrected chi connectivity index (χ1v) is 8.18. The summed E-state index contributed by atoms with van der Waals surface area (Å²) in [5, 5.41) is 6.47. The lowest BCUT2D eigenvalue weighted by Crippen LogP contribution is -2.30. The summed E-state index contributed by atoms with van der Waals surface area (Å²) >= 11 is 0. The van der Waals surface area contributed by atoms with Gasteiger partial charge in [-0.25, -0.2) is 9.97 Å². The number of nitrogens with one attached hydrogen (secondary N) is 1. The minimum absolute atomic E-state index is 0.159. The van der Waals surface area contributed by atoms with E-state index in [9.17, 15) is 4.79 Å². The molecule has 128 valence electrons. The predicted octanol–water partition coefficient (Wildman–Crippen LogP) is 2.97. The van der Waals surface area contributed by atoms with Gasteiger partial charge in [-0.1, -0.05) is 5.16 Å². The van der Waals surface area contributed by atoms with Gasteiger partial charge in [0.15, 0.2) is 11.5 Å². The lowest BCUT2D eigenvalue weighted by atomic mass is 10.1. The molecule has 4 heterocycles. The summed E-state index contributed by atoms with van der Waals surface area (Å²) in [5.74, 6) is 1.21. The zero-order chi connectivity index (χ0) is 17.1. The van der Waals surface area contributed by atoms with E-state index in [1.807, 2.05) is 0 Å². The van der Waals surface area contributed by atoms with Crippen molar-refractivity contribution in [3.05, 3.63) is 42.5 Å². The van der Waals surface area contributed by atoms with Gasteiger partial charge in [0.25, 0.3) is 5.91 Å². The van der Waals surface area contributed by atoms with Crippen molar-refractivity contribution in [2.45, 2.75) is 19.3 Å². The molecule has 4 rings (SSSR count). The van der Waals surface area contributed by atoms with Crippen LogP contribution in [0.5, 0.6) is 0 Å². The topological polar surface area (TPSA) is 97.3 Å². The zero-order valence-electron chi connectivity index (χ0n) is 13.5. The van der Waals surface area contributed by atoms with Crippen LogP contribution in [0.15, 0.2) is 45.8 Å². The molecule has 1 fully saturated rings. The molecule has 0 spiro atoms. The second kappa shape index (κ2) is 6.76. The van der Waals surface area contributed by atoms with Crippen molar-refractivity contribution in [3.8, 4) is 11.5 Å². The summed E-state index contributed by atoms with van der Waals surface area (Å²) in [4.78, 5) is 23.1. The van der Waals surface area contributed by atoms with Crippen LogP contribution < -0.4 is 10.2 Å². The molecule has 1 amide bonds. The minimum atomic E-state index is -0.393. The van der Waals surface area contributed by atoms with E-state index >= 15 is 0 Å². The van der Waals surface area contributed by atoms with Crippen LogP contribution in [0.2, 0.25) is 0 Å². The SMILES string of the molecule is O=C(Nc1cnc(N2CCCCC2)nc1)c1cc(-c2ccco2)on1. The average molecular weight is 339 g/mol. The highest BCUT2D eigenvalue weighted by Crippen LogP contribution is 2.21. The molecule has 0 aromatic carbocycles. The van der Waals surface area contributed by atoms with Crippen molar-refractivity contribution in [3.63, 3.8) is 0 Å². The summed E-state index contributed by atoms with van der Waals surface area (Å²) in [7, 11) is 0. The fourth-order valence-electron chi connectivity index (χ4n) is 2.76. The second-order valence-corrected chi connectivity index (χ2v) is 5.83. The van der Waals surface area contributed by atoms with Gasteiger partial charge in [0.2, 0.25) is 11.7 Å². The van der Waals surface area contributed by atoms with Crippen molar-refractivity contribution >= 4 is 17.5 Å². The maximum atomic E-state index is 12.3. The van der Waals surface area contributed by atoms with Gasteiger partial charge < -0.3 is 19.2 Å². The molecule has 3 aromatic rings. The number of nitrogens with zero attached hydrogens (tertiary/aromatic N) is 4. The molecule has 25 heavy (non-hydrogen) atoms. The molecule has 8 heteroatoms. The van der Waals surface area contributed by atoms with Gasteiger partial charge in [0, 0.05) is 19.2 Å².